The molecular formula is C13H20N3S+. The van der Waals surface area contributed by atoms with Gasteiger partial charge in [0.25, 0.3) is 0 Å². The van der Waals surface area contributed by atoms with E-state index in [1.807, 2.05) is 11.8 Å². The Kier molecular flexibility index (Phi) is 4.07. The Hall–Kier alpha value is -1.00. The van der Waals surface area contributed by atoms with Gasteiger partial charge in [0.05, 0.1) is 38.2 Å². The normalized spacial score (nSPS) is 11.5. The first kappa shape index (κ1) is 12.5. The monoisotopic (exact) mass is 250 g/mol. The van der Waals surface area contributed by atoms with Gasteiger partial charge in [-0.2, -0.15) is 0 Å². The summed E-state index contributed by atoms with van der Waals surface area (Å²) in [6.45, 7) is 4.33. The lowest BCUT2D eigenvalue weighted by atomic mass is 10.3. The van der Waals surface area contributed by atoms with Crippen molar-refractivity contribution in [1.29, 1.82) is 0 Å². The molecule has 2 rings (SSSR count). The maximum absolute atomic E-state index is 4.70. The minimum atomic E-state index is 1.03. The van der Waals surface area contributed by atoms with E-state index in [1.54, 1.807) is 0 Å². The fourth-order valence-electron chi connectivity index (χ4n) is 1.84. The molecule has 1 aromatic carbocycles. The molecule has 17 heavy (non-hydrogen) atoms. The van der Waals surface area contributed by atoms with Crippen LogP contribution in [0, 0.1) is 0 Å². The standard InChI is InChI=1S/C13H19N3S/c1-4-17-13-14-11-7-5-6-8-12(11)16(13)10-9-15(2)3/h5-8H,4,9-10H2,1-3H3/p+1. The zero-order valence-electron chi connectivity index (χ0n) is 10.7. The summed E-state index contributed by atoms with van der Waals surface area (Å²) in [5.41, 5.74) is 2.36. The van der Waals surface area contributed by atoms with Gasteiger partial charge in [-0.1, -0.05) is 30.8 Å². The fourth-order valence-corrected chi connectivity index (χ4v) is 2.61. The van der Waals surface area contributed by atoms with Crippen molar-refractivity contribution in [2.24, 2.45) is 0 Å². The van der Waals surface area contributed by atoms with Crippen molar-refractivity contribution >= 4 is 22.8 Å². The van der Waals surface area contributed by atoms with Crippen LogP contribution in [-0.2, 0) is 6.54 Å². The maximum atomic E-state index is 4.70. The van der Waals surface area contributed by atoms with E-state index < -0.39 is 0 Å². The summed E-state index contributed by atoms with van der Waals surface area (Å²) in [5.74, 6) is 1.07. The lowest BCUT2D eigenvalue weighted by Gasteiger charge is -2.10. The number of quaternary nitrogens is 1. The summed E-state index contributed by atoms with van der Waals surface area (Å²) in [7, 11) is 4.37. The van der Waals surface area contributed by atoms with Crippen LogP contribution in [0.2, 0.25) is 0 Å². The Morgan fingerprint density at radius 1 is 1.29 bits per heavy atom. The van der Waals surface area contributed by atoms with Crippen molar-refractivity contribution in [3.8, 4) is 0 Å². The highest BCUT2D eigenvalue weighted by Gasteiger charge is 2.10. The number of rotatable bonds is 5. The lowest BCUT2D eigenvalue weighted by molar-refractivity contribution is -0.858. The van der Waals surface area contributed by atoms with Crippen LogP contribution in [0.15, 0.2) is 29.4 Å². The maximum Gasteiger partial charge on any atom is 0.169 e. The summed E-state index contributed by atoms with van der Waals surface area (Å²) < 4.78 is 2.34. The van der Waals surface area contributed by atoms with Gasteiger partial charge in [0.1, 0.15) is 0 Å². The number of imidazole rings is 1. The minimum absolute atomic E-state index is 1.03. The second kappa shape index (κ2) is 5.56. The first-order chi connectivity index (χ1) is 8.22. The van der Waals surface area contributed by atoms with E-state index in [0.717, 1.165) is 29.5 Å². The van der Waals surface area contributed by atoms with Gasteiger partial charge >= 0.3 is 0 Å². The Labute approximate surface area is 107 Å². The van der Waals surface area contributed by atoms with Crippen LogP contribution in [0.4, 0.5) is 0 Å². The SMILES string of the molecule is CCSc1nc2ccccc2n1CC[NH+](C)C. The molecule has 1 aromatic heterocycles. The molecule has 0 saturated heterocycles. The molecular weight excluding hydrogens is 230 g/mol. The van der Waals surface area contributed by atoms with Crippen LogP contribution in [0.25, 0.3) is 11.0 Å². The van der Waals surface area contributed by atoms with Gasteiger partial charge in [-0.3, -0.25) is 0 Å². The van der Waals surface area contributed by atoms with Crippen LogP contribution in [-0.4, -0.2) is 35.9 Å². The van der Waals surface area contributed by atoms with E-state index in [9.17, 15) is 0 Å². The van der Waals surface area contributed by atoms with Gasteiger partial charge in [-0.25, -0.2) is 4.98 Å². The molecule has 0 saturated carbocycles. The third-order valence-corrected chi connectivity index (χ3v) is 3.59. The summed E-state index contributed by atoms with van der Waals surface area (Å²) in [6.07, 6.45) is 0. The van der Waals surface area contributed by atoms with Crippen LogP contribution in [0.5, 0.6) is 0 Å². The Balaban J connectivity index is 2.37. The van der Waals surface area contributed by atoms with Crippen molar-refractivity contribution < 1.29 is 4.90 Å². The number of aromatic nitrogens is 2. The van der Waals surface area contributed by atoms with E-state index in [-0.39, 0.29) is 0 Å². The largest absolute Gasteiger partial charge is 0.338 e. The topological polar surface area (TPSA) is 22.3 Å². The second-order valence-electron chi connectivity index (χ2n) is 4.42. The molecule has 0 radical (unpaired) electrons. The molecule has 0 unspecified atom stereocenters. The smallest absolute Gasteiger partial charge is 0.169 e. The van der Waals surface area contributed by atoms with Gasteiger partial charge in [0.15, 0.2) is 5.16 Å². The molecule has 0 aliphatic carbocycles. The molecule has 0 atom stereocenters. The van der Waals surface area contributed by atoms with Crippen molar-refractivity contribution in [2.45, 2.75) is 18.6 Å². The number of para-hydroxylation sites is 2. The predicted octanol–water partition coefficient (Wildman–Crippen LogP) is 1.29. The fraction of sp³-hybridized carbons (Fsp3) is 0.462. The molecule has 92 valence electrons. The number of benzene rings is 1. The average molecular weight is 250 g/mol. The quantitative estimate of drug-likeness (QED) is 0.808. The van der Waals surface area contributed by atoms with Crippen molar-refractivity contribution in [2.75, 3.05) is 26.4 Å². The molecule has 4 heteroatoms. The molecule has 2 aromatic rings. The number of thioether (sulfide) groups is 1. The molecule has 0 fully saturated rings. The van der Waals surface area contributed by atoms with Gasteiger partial charge in [-0.15, -0.1) is 0 Å². The third-order valence-electron chi connectivity index (χ3n) is 2.73. The van der Waals surface area contributed by atoms with Crippen molar-refractivity contribution in [3.63, 3.8) is 0 Å². The lowest BCUT2D eigenvalue weighted by Crippen LogP contribution is -3.06. The van der Waals surface area contributed by atoms with Crippen LogP contribution < -0.4 is 4.90 Å². The van der Waals surface area contributed by atoms with Crippen LogP contribution in [0.1, 0.15) is 6.92 Å². The molecule has 0 amide bonds. The molecule has 1 heterocycles. The molecule has 0 spiro atoms. The average Bonchev–Trinajstić information content (AvgIpc) is 2.64. The van der Waals surface area contributed by atoms with Gasteiger partial charge in [0, 0.05) is 0 Å². The first-order valence-electron chi connectivity index (χ1n) is 6.09. The number of hydrogen-bond donors (Lipinski definition) is 1. The van der Waals surface area contributed by atoms with E-state index in [0.29, 0.717) is 0 Å². The zero-order valence-corrected chi connectivity index (χ0v) is 11.5. The Morgan fingerprint density at radius 2 is 2.06 bits per heavy atom. The Morgan fingerprint density at radius 3 is 2.76 bits per heavy atom. The molecule has 0 aliphatic heterocycles. The summed E-state index contributed by atoms with van der Waals surface area (Å²) in [6, 6.07) is 8.39. The number of fused-ring (bicyclic) bond motifs is 1. The zero-order chi connectivity index (χ0) is 12.3. The number of hydrogen-bond acceptors (Lipinski definition) is 2. The van der Waals surface area contributed by atoms with Crippen molar-refractivity contribution in [1.82, 2.24) is 9.55 Å². The predicted molar refractivity (Wildman–Crippen MR) is 73.8 cm³/mol. The van der Waals surface area contributed by atoms with E-state index in [2.05, 4.69) is 49.9 Å². The summed E-state index contributed by atoms with van der Waals surface area (Å²) in [5, 5.41) is 1.15. The van der Waals surface area contributed by atoms with Gasteiger partial charge in [-0.05, 0) is 17.9 Å². The number of nitrogens with zero attached hydrogens (tertiary/aromatic N) is 2. The highest BCUT2D eigenvalue weighted by Crippen LogP contribution is 2.23. The number of nitrogens with one attached hydrogen (secondary N) is 1. The van der Waals surface area contributed by atoms with Gasteiger partial charge < -0.3 is 9.47 Å². The third kappa shape index (κ3) is 2.82. The van der Waals surface area contributed by atoms with Crippen molar-refractivity contribution in [3.05, 3.63) is 24.3 Å². The van der Waals surface area contributed by atoms with E-state index >= 15 is 0 Å². The van der Waals surface area contributed by atoms with Gasteiger partial charge in [0.2, 0.25) is 0 Å². The molecule has 1 N–H and O–H groups in total. The van der Waals surface area contributed by atoms with Crippen LogP contribution >= 0.6 is 11.8 Å². The highest BCUT2D eigenvalue weighted by molar-refractivity contribution is 7.99. The minimum Gasteiger partial charge on any atom is -0.338 e. The summed E-state index contributed by atoms with van der Waals surface area (Å²) in [4.78, 5) is 6.16. The van der Waals surface area contributed by atoms with E-state index in [4.69, 9.17) is 4.98 Å². The Bertz CT molecular complexity index is 490. The van der Waals surface area contributed by atoms with E-state index in [1.165, 1.54) is 10.4 Å². The number of likely N-dealkylation sites (N-methyl/N-ethyl adjacent to an activating group) is 1. The summed E-state index contributed by atoms with van der Waals surface area (Å²) >= 11 is 1.82. The second-order valence-corrected chi connectivity index (χ2v) is 5.66. The first-order valence-corrected chi connectivity index (χ1v) is 7.08. The molecule has 0 aliphatic rings. The molecule has 3 nitrogen and oxygen atoms in total. The highest BCUT2D eigenvalue weighted by atomic mass is 32.2. The van der Waals surface area contributed by atoms with Crippen LogP contribution in [0.3, 0.4) is 0 Å². The molecule has 0 bridgehead atoms.